The lowest BCUT2D eigenvalue weighted by Crippen LogP contribution is -2.33. The second-order valence-corrected chi connectivity index (χ2v) is 5.95. The predicted octanol–water partition coefficient (Wildman–Crippen LogP) is 2.38. The van der Waals surface area contributed by atoms with Gasteiger partial charge in [-0.2, -0.15) is 0 Å². The number of benzene rings is 1. The number of aliphatic hydroxyl groups excluding tert-OH is 1. The van der Waals surface area contributed by atoms with Crippen LogP contribution in [-0.2, 0) is 0 Å². The van der Waals surface area contributed by atoms with Crippen LogP contribution in [-0.4, -0.2) is 46.8 Å². The Bertz CT molecular complexity index is 550. The third-order valence-electron chi connectivity index (χ3n) is 3.56. The number of urea groups is 1. The SMILES string of the molecule is O=C(O)c1ccc(Br)cc1NC(=O)N1CCC(CCO)C1. The van der Waals surface area contributed by atoms with Crippen LogP contribution in [0.15, 0.2) is 22.7 Å². The Kier molecular flexibility index (Phi) is 5.19. The van der Waals surface area contributed by atoms with Crippen LogP contribution in [0, 0.1) is 5.92 Å². The van der Waals surface area contributed by atoms with Crippen LogP contribution in [0.25, 0.3) is 0 Å². The quantitative estimate of drug-likeness (QED) is 0.772. The van der Waals surface area contributed by atoms with Crippen molar-refractivity contribution in [2.45, 2.75) is 12.8 Å². The van der Waals surface area contributed by atoms with E-state index in [0.29, 0.717) is 29.9 Å². The van der Waals surface area contributed by atoms with E-state index in [0.717, 1.165) is 6.42 Å². The molecule has 1 aliphatic heterocycles. The van der Waals surface area contributed by atoms with Crippen molar-refractivity contribution in [2.24, 2.45) is 5.92 Å². The van der Waals surface area contributed by atoms with Gasteiger partial charge < -0.3 is 20.4 Å². The lowest BCUT2D eigenvalue weighted by molar-refractivity contribution is 0.0698. The third kappa shape index (κ3) is 3.95. The van der Waals surface area contributed by atoms with Crippen molar-refractivity contribution in [2.75, 3.05) is 25.0 Å². The number of hydrogen-bond donors (Lipinski definition) is 3. The summed E-state index contributed by atoms with van der Waals surface area (Å²) in [6.45, 7) is 1.32. The van der Waals surface area contributed by atoms with Gasteiger partial charge in [0.1, 0.15) is 0 Å². The number of amides is 2. The largest absolute Gasteiger partial charge is 0.478 e. The van der Waals surface area contributed by atoms with Crippen LogP contribution in [0.2, 0.25) is 0 Å². The topological polar surface area (TPSA) is 89.9 Å². The molecule has 3 N–H and O–H groups in total. The van der Waals surface area contributed by atoms with E-state index in [-0.39, 0.29) is 23.9 Å². The fourth-order valence-electron chi connectivity index (χ4n) is 2.44. The normalized spacial score (nSPS) is 17.8. The summed E-state index contributed by atoms with van der Waals surface area (Å²) in [6.07, 6.45) is 1.54. The first-order chi connectivity index (χ1) is 10.0. The summed E-state index contributed by atoms with van der Waals surface area (Å²) in [5.74, 6) is -0.778. The molecule has 21 heavy (non-hydrogen) atoms. The summed E-state index contributed by atoms with van der Waals surface area (Å²) >= 11 is 3.26. The second-order valence-electron chi connectivity index (χ2n) is 5.04. The molecule has 1 aliphatic rings. The number of likely N-dealkylation sites (tertiary alicyclic amines) is 1. The fraction of sp³-hybridized carbons (Fsp3) is 0.429. The molecule has 1 unspecified atom stereocenters. The number of aliphatic hydroxyl groups is 1. The molecule has 0 spiro atoms. The maximum atomic E-state index is 12.2. The number of hydrogen-bond acceptors (Lipinski definition) is 3. The second kappa shape index (κ2) is 6.91. The molecule has 1 atom stereocenters. The van der Waals surface area contributed by atoms with Crippen molar-refractivity contribution in [3.63, 3.8) is 0 Å². The molecule has 0 bridgehead atoms. The number of carboxylic acid groups (broad SMARTS) is 1. The number of carbonyl (C=O) groups is 2. The number of nitrogens with one attached hydrogen (secondary N) is 1. The Labute approximate surface area is 130 Å². The van der Waals surface area contributed by atoms with Gasteiger partial charge in [0.15, 0.2) is 0 Å². The molecule has 0 aliphatic carbocycles. The van der Waals surface area contributed by atoms with Gasteiger partial charge in [0, 0.05) is 24.2 Å². The molecular weight excluding hydrogens is 340 g/mol. The van der Waals surface area contributed by atoms with Gasteiger partial charge in [-0.1, -0.05) is 15.9 Å². The maximum absolute atomic E-state index is 12.2. The van der Waals surface area contributed by atoms with Gasteiger partial charge >= 0.3 is 12.0 Å². The molecule has 0 saturated carbocycles. The van der Waals surface area contributed by atoms with Crippen molar-refractivity contribution < 1.29 is 19.8 Å². The van der Waals surface area contributed by atoms with Crippen LogP contribution in [0.4, 0.5) is 10.5 Å². The summed E-state index contributed by atoms with van der Waals surface area (Å²) in [4.78, 5) is 25.0. The van der Waals surface area contributed by atoms with Crippen LogP contribution in [0.5, 0.6) is 0 Å². The smallest absolute Gasteiger partial charge is 0.337 e. The van der Waals surface area contributed by atoms with Crippen molar-refractivity contribution in [3.05, 3.63) is 28.2 Å². The van der Waals surface area contributed by atoms with E-state index in [9.17, 15) is 9.59 Å². The summed E-state index contributed by atoms with van der Waals surface area (Å²) in [5, 5.41) is 20.7. The lowest BCUT2D eigenvalue weighted by Gasteiger charge is -2.18. The average Bonchev–Trinajstić information content (AvgIpc) is 2.87. The molecule has 1 fully saturated rings. The first-order valence-corrected chi connectivity index (χ1v) is 7.50. The van der Waals surface area contributed by atoms with Gasteiger partial charge in [-0.05, 0) is 37.0 Å². The minimum atomic E-state index is -1.09. The van der Waals surface area contributed by atoms with Crippen molar-refractivity contribution >= 4 is 33.6 Å². The first-order valence-electron chi connectivity index (χ1n) is 6.71. The zero-order valence-electron chi connectivity index (χ0n) is 11.4. The number of carboxylic acids is 1. The number of nitrogens with zero attached hydrogens (tertiary/aromatic N) is 1. The molecule has 1 saturated heterocycles. The number of halogens is 1. The zero-order valence-corrected chi connectivity index (χ0v) is 13.0. The van der Waals surface area contributed by atoms with Crippen molar-refractivity contribution in [1.29, 1.82) is 0 Å². The van der Waals surface area contributed by atoms with Crippen molar-refractivity contribution in [3.8, 4) is 0 Å². The van der Waals surface area contributed by atoms with Crippen LogP contribution in [0.1, 0.15) is 23.2 Å². The summed E-state index contributed by atoms with van der Waals surface area (Å²) in [7, 11) is 0. The fourth-order valence-corrected chi connectivity index (χ4v) is 2.80. The molecule has 2 rings (SSSR count). The average molecular weight is 357 g/mol. The number of rotatable bonds is 4. The molecule has 114 valence electrons. The van der Waals surface area contributed by atoms with E-state index < -0.39 is 5.97 Å². The maximum Gasteiger partial charge on any atom is 0.337 e. The Morgan fingerprint density at radius 1 is 1.43 bits per heavy atom. The summed E-state index contributed by atoms with van der Waals surface area (Å²) in [6, 6.07) is 4.33. The Morgan fingerprint density at radius 2 is 2.19 bits per heavy atom. The summed E-state index contributed by atoms with van der Waals surface area (Å²) < 4.78 is 0.697. The van der Waals surface area contributed by atoms with Crippen LogP contribution >= 0.6 is 15.9 Å². The molecule has 0 radical (unpaired) electrons. The highest BCUT2D eigenvalue weighted by Gasteiger charge is 2.26. The Hall–Kier alpha value is -1.60. The van der Waals surface area contributed by atoms with Gasteiger partial charge in [-0.15, -0.1) is 0 Å². The Balaban J connectivity index is 2.06. The zero-order chi connectivity index (χ0) is 15.4. The van der Waals surface area contributed by atoms with Crippen LogP contribution in [0.3, 0.4) is 0 Å². The first kappa shape index (κ1) is 15.8. The number of carbonyl (C=O) groups excluding carboxylic acids is 1. The van der Waals surface area contributed by atoms with Gasteiger partial charge in [0.2, 0.25) is 0 Å². The highest BCUT2D eigenvalue weighted by Crippen LogP contribution is 2.24. The Morgan fingerprint density at radius 3 is 2.86 bits per heavy atom. The van der Waals surface area contributed by atoms with E-state index in [2.05, 4.69) is 21.2 Å². The highest BCUT2D eigenvalue weighted by atomic mass is 79.9. The molecule has 7 heteroatoms. The molecular formula is C14H17BrN2O4. The molecule has 6 nitrogen and oxygen atoms in total. The van der Waals surface area contributed by atoms with Crippen molar-refractivity contribution in [1.82, 2.24) is 4.90 Å². The molecule has 0 aromatic heterocycles. The van der Waals surface area contributed by atoms with E-state index in [4.69, 9.17) is 10.2 Å². The molecule has 1 aromatic rings. The minimum Gasteiger partial charge on any atom is -0.478 e. The van der Waals surface area contributed by atoms with Gasteiger partial charge in [-0.25, -0.2) is 9.59 Å². The van der Waals surface area contributed by atoms with E-state index in [1.54, 1.807) is 17.0 Å². The van der Waals surface area contributed by atoms with Gasteiger partial charge in [0.05, 0.1) is 11.3 Å². The third-order valence-corrected chi connectivity index (χ3v) is 4.06. The standard InChI is InChI=1S/C14H17BrN2O4/c15-10-1-2-11(13(19)20)12(7-10)16-14(21)17-5-3-9(8-17)4-6-18/h1-2,7,9,18H,3-6,8H2,(H,16,21)(H,19,20). The molecule has 1 aromatic carbocycles. The molecule has 2 amide bonds. The number of aromatic carboxylic acids is 1. The molecule has 1 heterocycles. The predicted molar refractivity (Wildman–Crippen MR) is 81.5 cm³/mol. The van der Waals surface area contributed by atoms with E-state index in [1.807, 2.05) is 0 Å². The van der Waals surface area contributed by atoms with Crippen LogP contribution < -0.4 is 5.32 Å². The minimum absolute atomic E-state index is 0.0534. The monoisotopic (exact) mass is 356 g/mol. The lowest BCUT2D eigenvalue weighted by atomic mass is 10.1. The highest BCUT2D eigenvalue weighted by molar-refractivity contribution is 9.10. The summed E-state index contributed by atoms with van der Waals surface area (Å²) in [5.41, 5.74) is 0.324. The number of anilines is 1. The van der Waals surface area contributed by atoms with E-state index in [1.165, 1.54) is 6.07 Å². The van der Waals surface area contributed by atoms with Gasteiger partial charge in [-0.3, -0.25) is 0 Å². The van der Waals surface area contributed by atoms with E-state index >= 15 is 0 Å². The van der Waals surface area contributed by atoms with Gasteiger partial charge in [0.25, 0.3) is 0 Å².